The lowest BCUT2D eigenvalue weighted by Gasteiger charge is -2.37. The maximum absolute atomic E-state index is 12.4. The van der Waals surface area contributed by atoms with E-state index in [1.54, 1.807) is 0 Å². The second kappa shape index (κ2) is 8.58. The van der Waals surface area contributed by atoms with Gasteiger partial charge in [-0.1, -0.05) is 0 Å². The monoisotopic (exact) mass is 344 g/mol. The highest BCUT2D eigenvalue weighted by molar-refractivity contribution is 7.99. The largest absolute Gasteiger partial charge is 0.444 e. The summed E-state index contributed by atoms with van der Waals surface area (Å²) in [6.45, 7) is 10.8. The molecule has 2 heterocycles. The molecule has 1 N–H and O–H groups in total. The van der Waals surface area contributed by atoms with Crippen LogP contribution in [0.5, 0.6) is 0 Å². The van der Waals surface area contributed by atoms with E-state index in [-0.39, 0.29) is 12.1 Å². The van der Waals surface area contributed by atoms with Crippen molar-refractivity contribution < 1.29 is 14.3 Å². The zero-order chi connectivity index (χ0) is 16.9. The standard InChI is InChI=1S/C17H32N2O3S/c1-13(18-10-14-5-8-23-12-14)9-15-11-21-7-6-19(15)16(20)22-17(2,3)4/h13-15,18H,5-12H2,1-4H3. The van der Waals surface area contributed by atoms with Crippen molar-refractivity contribution in [3.8, 4) is 0 Å². The number of nitrogens with one attached hydrogen (secondary N) is 1. The molecule has 1 amide bonds. The number of thioether (sulfide) groups is 1. The van der Waals surface area contributed by atoms with Crippen LogP contribution >= 0.6 is 11.8 Å². The molecule has 2 saturated heterocycles. The fraction of sp³-hybridized carbons (Fsp3) is 0.941. The highest BCUT2D eigenvalue weighted by Gasteiger charge is 2.32. The van der Waals surface area contributed by atoms with Crippen molar-refractivity contribution in [3.63, 3.8) is 0 Å². The van der Waals surface area contributed by atoms with Gasteiger partial charge in [0.25, 0.3) is 0 Å². The Balaban J connectivity index is 1.81. The minimum atomic E-state index is -0.454. The molecule has 0 spiro atoms. The second-order valence-corrected chi connectivity index (χ2v) is 8.83. The van der Waals surface area contributed by atoms with E-state index in [2.05, 4.69) is 12.2 Å². The molecule has 2 aliphatic rings. The van der Waals surface area contributed by atoms with Gasteiger partial charge < -0.3 is 19.7 Å². The van der Waals surface area contributed by atoms with Gasteiger partial charge in [-0.15, -0.1) is 0 Å². The number of amides is 1. The van der Waals surface area contributed by atoms with Crippen LogP contribution in [0.15, 0.2) is 0 Å². The molecule has 3 atom stereocenters. The third-order valence-corrected chi connectivity index (χ3v) is 5.49. The van der Waals surface area contributed by atoms with Crippen molar-refractivity contribution in [2.24, 2.45) is 5.92 Å². The normalized spacial score (nSPS) is 27.0. The molecule has 0 saturated carbocycles. The van der Waals surface area contributed by atoms with Gasteiger partial charge in [0, 0.05) is 12.6 Å². The van der Waals surface area contributed by atoms with Crippen LogP contribution in [0.2, 0.25) is 0 Å². The first-order valence-corrected chi connectivity index (χ1v) is 9.89. The Kier molecular flexibility index (Phi) is 7.04. The van der Waals surface area contributed by atoms with Crippen LogP contribution in [0.4, 0.5) is 4.79 Å². The summed E-state index contributed by atoms with van der Waals surface area (Å²) in [5, 5.41) is 3.63. The van der Waals surface area contributed by atoms with Crippen molar-refractivity contribution in [3.05, 3.63) is 0 Å². The fourth-order valence-corrected chi connectivity index (χ4v) is 4.30. The summed E-state index contributed by atoms with van der Waals surface area (Å²) in [5.41, 5.74) is -0.454. The summed E-state index contributed by atoms with van der Waals surface area (Å²) in [7, 11) is 0. The SMILES string of the molecule is CC(CC1COCCN1C(=O)OC(C)(C)C)NCC1CCSC1. The zero-order valence-electron chi connectivity index (χ0n) is 15.0. The Labute approximate surface area is 144 Å². The Morgan fingerprint density at radius 3 is 2.91 bits per heavy atom. The first-order chi connectivity index (χ1) is 10.8. The molecule has 6 heteroatoms. The molecule has 134 valence electrons. The maximum atomic E-state index is 12.4. The molecule has 0 aliphatic carbocycles. The van der Waals surface area contributed by atoms with Gasteiger partial charge in [0.1, 0.15) is 5.60 Å². The Hall–Kier alpha value is -0.460. The average Bonchev–Trinajstić information content (AvgIpc) is 2.97. The summed E-state index contributed by atoms with van der Waals surface area (Å²) in [4.78, 5) is 14.2. The number of morpholine rings is 1. The van der Waals surface area contributed by atoms with E-state index >= 15 is 0 Å². The number of carbonyl (C=O) groups is 1. The maximum Gasteiger partial charge on any atom is 0.410 e. The predicted octanol–water partition coefficient (Wildman–Crippen LogP) is 2.74. The molecule has 2 rings (SSSR count). The third kappa shape index (κ3) is 6.51. The summed E-state index contributed by atoms with van der Waals surface area (Å²) in [5.74, 6) is 3.37. The topological polar surface area (TPSA) is 50.8 Å². The lowest BCUT2D eigenvalue weighted by atomic mass is 10.0. The molecule has 2 aliphatic heterocycles. The highest BCUT2D eigenvalue weighted by atomic mass is 32.2. The summed E-state index contributed by atoms with van der Waals surface area (Å²) < 4.78 is 11.1. The molecule has 23 heavy (non-hydrogen) atoms. The molecule has 3 unspecified atom stereocenters. The average molecular weight is 345 g/mol. The first-order valence-electron chi connectivity index (χ1n) is 8.73. The van der Waals surface area contributed by atoms with Crippen LogP contribution in [-0.4, -0.2) is 66.5 Å². The fourth-order valence-electron chi connectivity index (χ4n) is 3.01. The van der Waals surface area contributed by atoms with Gasteiger partial charge in [0.15, 0.2) is 0 Å². The summed E-state index contributed by atoms with van der Waals surface area (Å²) >= 11 is 2.05. The van der Waals surface area contributed by atoms with Crippen molar-refractivity contribution in [1.29, 1.82) is 0 Å². The zero-order valence-corrected chi connectivity index (χ0v) is 15.8. The first kappa shape index (κ1) is 18.9. The molecule has 0 aromatic carbocycles. The van der Waals surface area contributed by atoms with E-state index < -0.39 is 5.60 Å². The number of hydrogen-bond donors (Lipinski definition) is 1. The van der Waals surface area contributed by atoms with E-state index in [0.717, 1.165) is 18.9 Å². The molecule has 0 aromatic heterocycles. The van der Waals surface area contributed by atoms with Gasteiger partial charge in [-0.05, 0) is 64.5 Å². The summed E-state index contributed by atoms with van der Waals surface area (Å²) in [6, 6.07) is 0.469. The minimum Gasteiger partial charge on any atom is -0.444 e. The molecule has 0 aromatic rings. The third-order valence-electron chi connectivity index (χ3n) is 4.26. The molecule has 5 nitrogen and oxygen atoms in total. The van der Waals surface area contributed by atoms with Gasteiger partial charge in [-0.25, -0.2) is 4.79 Å². The smallest absolute Gasteiger partial charge is 0.410 e. The van der Waals surface area contributed by atoms with Gasteiger partial charge in [0.05, 0.1) is 19.3 Å². The van der Waals surface area contributed by atoms with Crippen LogP contribution in [0.3, 0.4) is 0 Å². The van der Waals surface area contributed by atoms with Crippen LogP contribution in [0.1, 0.15) is 40.5 Å². The van der Waals surface area contributed by atoms with Crippen LogP contribution in [0, 0.1) is 5.92 Å². The molecule has 0 bridgehead atoms. The second-order valence-electron chi connectivity index (χ2n) is 7.68. The Bertz CT molecular complexity index is 381. The Morgan fingerprint density at radius 1 is 1.48 bits per heavy atom. The minimum absolute atomic E-state index is 0.0963. The van der Waals surface area contributed by atoms with Crippen molar-refractivity contribution in [2.45, 2.75) is 58.2 Å². The highest BCUT2D eigenvalue weighted by Crippen LogP contribution is 2.23. The quantitative estimate of drug-likeness (QED) is 0.831. The molecular weight excluding hydrogens is 312 g/mol. The molecule has 0 radical (unpaired) electrons. The lowest BCUT2D eigenvalue weighted by Crippen LogP contribution is -2.52. The van der Waals surface area contributed by atoms with E-state index in [1.807, 2.05) is 37.4 Å². The molecular formula is C17H32N2O3S. The van der Waals surface area contributed by atoms with E-state index in [4.69, 9.17) is 9.47 Å². The van der Waals surface area contributed by atoms with E-state index in [9.17, 15) is 4.79 Å². The van der Waals surface area contributed by atoms with E-state index in [1.165, 1.54) is 17.9 Å². The number of nitrogens with zero attached hydrogens (tertiary/aromatic N) is 1. The number of ether oxygens (including phenoxy) is 2. The van der Waals surface area contributed by atoms with Gasteiger partial charge in [-0.3, -0.25) is 0 Å². The lowest BCUT2D eigenvalue weighted by molar-refractivity contribution is -0.0356. The summed E-state index contributed by atoms with van der Waals surface area (Å²) in [6.07, 6.45) is 2.00. The van der Waals surface area contributed by atoms with Crippen LogP contribution in [-0.2, 0) is 9.47 Å². The van der Waals surface area contributed by atoms with Crippen molar-refractivity contribution >= 4 is 17.9 Å². The number of carbonyl (C=O) groups excluding carboxylic acids is 1. The Morgan fingerprint density at radius 2 is 2.26 bits per heavy atom. The number of hydrogen-bond acceptors (Lipinski definition) is 5. The van der Waals surface area contributed by atoms with Gasteiger partial charge in [-0.2, -0.15) is 11.8 Å². The van der Waals surface area contributed by atoms with Gasteiger partial charge in [0.2, 0.25) is 0 Å². The van der Waals surface area contributed by atoms with E-state index in [0.29, 0.717) is 25.8 Å². The molecule has 2 fully saturated rings. The van der Waals surface area contributed by atoms with Crippen molar-refractivity contribution in [2.75, 3.05) is 37.8 Å². The predicted molar refractivity (Wildman–Crippen MR) is 95.1 cm³/mol. The number of rotatable bonds is 5. The van der Waals surface area contributed by atoms with Gasteiger partial charge >= 0.3 is 6.09 Å². The van der Waals surface area contributed by atoms with Crippen LogP contribution < -0.4 is 5.32 Å². The van der Waals surface area contributed by atoms with Crippen LogP contribution in [0.25, 0.3) is 0 Å². The van der Waals surface area contributed by atoms with Crippen molar-refractivity contribution in [1.82, 2.24) is 10.2 Å².